The molecule has 0 spiro atoms. The number of rotatable bonds is 2. The minimum atomic E-state index is -4.40. The average Bonchev–Trinajstić information content (AvgIpc) is 2.83. The van der Waals surface area contributed by atoms with Crippen LogP contribution in [0.4, 0.5) is 13.2 Å². The van der Waals surface area contributed by atoms with Crippen molar-refractivity contribution in [3.63, 3.8) is 0 Å². The highest BCUT2D eigenvalue weighted by atomic mass is 35.5. The van der Waals surface area contributed by atoms with Gasteiger partial charge in [0.1, 0.15) is 6.54 Å². The van der Waals surface area contributed by atoms with E-state index in [2.05, 4.69) is 5.10 Å². The van der Waals surface area contributed by atoms with E-state index in [1.807, 2.05) is 27.7 Å². The SMILES string of the molecule is Cc1nn(CC(F)(F)F)c2c(B3OC(C)(C)C(C)(C)O3)ccc(Cl)c12. The number of halogens is 4. The maximum atomic E-state index is 13.0. The Morgan fingerprint density at radius 3 is 2.24 bits per heavy atom. The van der Waals surface area contributed by atoms with Crippen molar-refractivity contribution < 1.29 is 22.5 Å². The van der Waals surface area contributed by atoms with E-state index >= 15 is 0 Å². The van der Waals surface area contributed by atoms with E-state index in [4.69, 9.17) is 20.9 Å². The largest absolute Gasteiger partial charge is 0.497 e. The monoisotopic (exact) mass is 374 g/mol. The molecule has 9 heteroatoms. The fraction of sp³-hybridized carbons (Fsp3) is 0.562. The maximum absolute atomic E-state index is 13.0. The number of alkyl halides is 3. The van der Waals surface area contributed by atoms with E-state index in [0.717, 1.165) is 4.68 Å². The van der Waals surface area contributed by atoms with Gasteiger partial charge in [0.05, 0.1) is 27.4 Å². The first-order valence-electron chi connectivity index (χ1n) is 7.90. The third-order valence-corrected chi connectivity index (χ3v) is 5.20. The van der Waals surface area contributed by atoms with Gasteiger partial charge in [-0.25, -0.2) is 0 Å². The molecule has 136 valence electrons. The first kappa shape index (κ1) is 18.5. The Morgan fingerprint density at radius 2 is 1.72 bits per heavy atom. The maximum Gasteiger partial charge on any atom is 0.497 e. The van der Waals surface area contributed by atoms with Gasteiger partial charge in [-0.2, -0.15) is 18.3 Å². The van der Waals surface area contributed by atoms with Crippen LogP contribution in [0.15, 0.2) is 12.1 Å². The van der Waals surface area contributed by atoms with E-state index < -0.39 is 31.0 Å². The van der Waals surface area contributed by atoms with Crippen LogP contribution in [0.2, 0.25) is 5.02 Å². The summed E-state index contributed by atoms with van der Waals surface area (Å²) in [5.74, 6) is 0. The third-order valence-electron chi connectivity index (χ3n) is 4.89. The number of hydrogen-bond donors (Lipinski definition) is 0. The zero-order chi connectivity index (χ0) is 18.8. The van der Waals surface area contributed by atoms with Crippen LogP contribution in [0, 0.1) is 6.92 Å². The summed E-state index contributed by atoms with van der Waals surface area (Å²) in [6, 6.07) is 3.28. The molecule has 0 N–H and O–H groups in total. The second kappa shape index (κ2) is 5.63. The van der Waals surface area contributed by atoms with Gasteiger partial charge in [-0.1, -0.05) is 17.7 Å². The molecule has 0 atom stereocenters. The molecule has 1 saturated heterocycles. The van der Waals surface area contributed by atoms with Crippen molar-refractivity contribution >= 4 is 35.1 Å². The summed E-state index contributed by atoms with van der Waals surface area (Å²) in [5, 5.41) is 4.87. The summed E-state index contributed by atoms with van der Waals surface area (Å²) < 4.78 is 51.9. The molecular formula is C16H19BClF3N2O2. The molecule has 1 aromatic carbocycles. The highest BCUT2D eigenvalue weighted by Gasteiger charge is 2.52. The first-order chi connectivity index (χ1) is 11.3. The fourth-order valence-corrected chi connectivity index (χ4v) is 3.22. The van der Waals surface area contributed by atoms with Gasteiger partial charge in [0.15, 0.2) is 0 Å². The van der Waals surface area contributed by atoms with Crippen LogP contribution in [0.5, 0.6) is 0 Å². The lowest BCUT2D eigenvalue weighted by atomic mass is 9.77. The molecule has 0 radical (unpaired) electrons. The van der Waals surface area contributed by atoms with Gasteiger partial charge in [-0.05, 0) is 40.7 Å². The predicted octanol–water partition coefficient (Wildman–Crippen LogP) is 3.86. The summed E-state index contributed by atoms with van der Waals surface area (Å²) in [7, 11) is -0.798. The van der Waals surface area contributed by atoms with Crippen LogP contribution in [0.25, 0.3) is 10.9 Å². The van der Waals surface area contributed by atoms with Crippen molar-refractivity contribution in [2.45, 2.75) is 58.5 Å². The Morgan fingerprint density at radius 1 is 1.16 bits per heavy atom. The number of aryl methyl sites for hydroxylation is 1. The molecule has 1 aliphatic heterocycles. The molecule has 0 saturated carbocycles. The van der Waals surface area contributed by atoms with Crippen LogP contribution in [0.1, 0.15) is 33.4 Å². The highest BCUT2D eigenvalue weighted by molar-refractivity contribution is 6.65. The molecule has 0 amide bonds. The van der Waals surface area contributed by atoms with Crippen molar-refractivity contribution in [2.24, 2.45) is 0 Å². The minimum Gasteiger partial charge on any atom is -0.399 e. The molecule has 2 aromatic rings. The summed E-state index contributed by atoms with van der Waals surface area (Å²) in [4.78, 5) is 0. The molecular weight excluding hydrogens is 355 g/mol. The standard InChI is InChI=1S/C16H19BClF3N2O2/c1-9-12-11(18)7-6-10(13(12)23(22-9)8-16(19,20)21)17-24-14(2,3)15(4,5)25-17/h6-7H,8H2,1-5H3. The van der Waals surface area contributed by atoms with E-state index in [0.29, 0.717) is 27.1 Å². The van der Waals surface area contributed by atoms with E-state index in [1.165, 1.54) is 0 Å². The van der Waals surface area contributed by atoms with Gasteiger partial charge in [0, 0.05) is 10.8 Å². The van der Waals surface area contributed by atoms with Gasteiger partial charge < -0.3 is 9.31 Å². The van der Waals surface area contributed by atoms with E-state index in [-0.39, 0.29) is 0 Å². The van der Waals surface area contributed by atoms with E-state index in [9.17, 15) is 13.2 Å². The van der Waals surface area contributed by atoms with Crippen LogP contribution < -0.4 is 5.46 Å². The summed E-state index contributed by atoms with van der Waals surface area (Å²) in [6.45, 7) is 7.98. The Labute approximate surface area is 149 Å². The number of benzene rings is 1. The zero-order valence-electron chi connectivity index (χ0n) is 14.7. The second-order valence-corrected chi connectivity index (χ2v) is 7.71. The molecule has 0 bridgehead atoms. The molecule has 1 aromatic heterocycles. The first-order valence-corrected chi connectivity index (χ1v) is 8.28. The Balaban J connectivity index is 2.18. The van der Waals surface area contributed by atoms with Crippen molar-refractivity contribution in [3.8, 4) is 0 Å². The van der Waals surface area contributed by atoms with Crippen LogP contribution in [0.3, 0.4) is 0 Å². The van der Waals surface area contributed by atoms with Crippen LogP contribution in [-0.4, -0.2) is 34.3 Å². The van der Waals surface area contributed by atoms with Gasteiger partial charge >= 0.3 is 13.3 Å². The molecule has 1 aliphatic rings. The third kappa shape index (κ3) is 3.15. The van der Waals surface area contributed by atoms with Gasteiger partial charge in [-0.3, -0.25) is 4.68 Å². The Kier molecular flexibility index (Phi) is 4.17. The van der Waals surface area contributed by atoms with Crippen molar-refractivity contribution in [1.82, 2.24) is 9.78 Å². The predicted molar refractivity (Wildman–Crippen MR) is 91.3 cm³/mol. The Bertz CT molecular complexity index is 817. The topological polar surface area (TPSA) is 36.3 Å². The zero-order valence-corrected chi connectivity index (χ0v) is 15.4. The fourth-order valence-electron chi connectivity index (χ4n) is 2.93. The normalized spacial score (nSPS) is 19.8. The highest BCUT2D eigenvalue weighted by Crippen LogP contribution is 2.38. The number of nitrogens with zero attached hydrogens (tertiary/aromatic N) is 2. The molecule has 2 heterocycles. The molecule has 3 rings (SSSR count). The second-order valence-electron chi connectivity index (χ2n) is 7.31. The smallest absolute Gasteiger partial charge is 0.399 e. The molecule has 4 nitrogen and oxygen atoms in total. The summed E-state index contributed by atoms with van der Waals surface area (Å²) in [6.07, 6.45) is -4.40. The lowest BCUT2D eigenvalue weighted by Gasteiger charge is -2.32. The molecule has 25 heavy (non-hydrogen) atoms. The molecule has 1 fully saturated rings. The number of hydrogen-bond acceptors (Lipinski definition) is 3. The van der Waals surface area contributed by atoms with Crippen molar-refractivity contribution in [2.75, 3.05) is 0 Å². The van der Waals surface area contributed by atoms with Gasteiger partial charge in [0.25, 0.3) is 0 Å². The lowest BCUT2D eigenvalue weighted by Crippen LogP contribution is -2.41. The van der Waals surface area contributed by atoms with Crippen molar-refractivity contribution in [1.29, 1.82) is 0 Å². The van der Waals surface area contributed by atoms with Crippen LogP contribution in [-0.2, 0) is 15.9 Å². The van der Waals surface area contributed by atoms with Crippen molar-refractivity contribution in [3.05, 3.63) is 22.8 Å². The average molecular weight is 375 g/mol. The van der Waals surface area contributed by atoms with Crippen LogP contribution >= 0.6 is 11.6 Å². The number of aromatic nitrogens is 2. The van der Waals surface area contributed by atoms with Gasteiger partial charge in [-0.15, -0.1) is 0 Å². The Hall–Kier alpha value is -1.25. The van der Waals surface area contributed by atoms with E-state index in [1.54, 1.807) is 19.1 Å². The summed E-state index contributed by atoms with van der Waals surface area (Å²) in [5.41, 5.74) is 0.00696. The number of fused-ring (bicyclic) bond motifs is 1. The quantitative estimate of drug-likeness (QED) is 0.749. The minimum absolute atomic E-state index is 0.292. The summed E-state index contributed by atoms with van der Waals surface area (Å²) >= 11 is 6.22. The lowest BCUT2D eigenvalue weighted by molar-refractivity contribution is -0.141. The molecule has 0 aliphatic carbocycles. The molecule has 0 unspecified atom stereocenters. The van der Waals surface area contributed by atoms with Gasteiger partial charge in [0.2, 0.25) is 0 Å².